The first-order chi connectivity index (χ1) is 9.09. The van der Waals surface area contributed by atoms with E-state index in [1.54, 1.807) is 6.92 Å². The summed E-state index contributed by atoms with van der Waals surface area (Å²) in [4.78, 5) is 10.8. The minimum Gasteiger partial charge on any atom is -0.492 e. The lowest BCUT2D eigenvalue weighted by Gasteiger charge is -2.15. The smallest absolute Gasteiger partial charge is 0.220 e. The molecule has 0 radical (unpaired) electrons. The molecule has 0 saturated carbocycles. The molecule has 3 N–H and O–H groups in total. The van der Waals surface area contributed by atoms with E-state index in [4.69, 9.17) is 10.5 Å². The first-order valence-corrected chi connectivity index (χ1v) is 6.20. The Bertz CT molecular complexity index is 593. The number of amides is 1. The number of ether oxygens (including phenoxy) is 1. The number of carbonyl (C=O) groups excluding carboxylic acids is 1. The van der Waals surface area contributed by atoms with Crippen LogP contribution in [0, 0.1) is 0 Å². The van der Waals surface area contributed by atoms with Crippen molar-refractivity contribution in [3.63, 3.8) is 0 Å². The van der Waals surface area contributed by atoms with Crippen LogP contribution in [0.25, 0.3) is 10.8 Å². The highest BCUT2D eigenvalue weighted by molar-refractivity contribution is 5.89. The second-order valence-electron chi connectivity index (χ2n) is 4.45. The van der Waals surface area contributed by atoms with Gasteiger partial charge < -0.3 is 15.6 Å². The minimum absolute atomic E-state index is 0.155. The molecule has 0 saturated heterocycles. The highest BCUT2D eigenvalue weighted by Crippen LogP contribution is 2.33. The molecule has 2 rings (SSSR count). The van der Waals surface area contributed by atoms with Crippen molar-refractivity contribution in [2.75, 3.05) is 6.61 Å². The van der Waals surface area contributed by atoms with E-state index in [1.807, 2.05) is 36.4 Å². The normalized spacial score (nSPS) is 12.3. The molecule has 19 heavy (non-hydrogen) atoms. The zero-order chi connectivity index (χ0) is 13.8. The van der Waals surface area contributed by atoms with E-state index in [-0.39, 0.29) is 13.0 Å². The number of aliphatic hydroxyl groups excluding tert-OH is 1. The zero-order valence-electron chi connectivity index (χ0n) is 10.8. The second-order valence-corrected chi connectivity index (χ2v) is 4.45. The molecule has 0 fully saturated rings. The van der Waals surface area contributed by atoms with Gasteiger partial charge in [0.15, 0.2) is 0 Å². The Morgan fingerprint density at radius 2 is 2.05 bits per heavy atom. The van der Waals surface area contributed by atoms with Crippen LogP contribution in [0.15, 0.2) is 36.4 Å². The van der Waals surface area contributed by atoms with Crippen LogP contribution in [0.1, 0.15) is 25.0 Å². The lowest BCUT2D eigenvalue weighted by Crippen LogP contribution is -2.15. The van der Waals surface area contributed by atoms with E-state index in [2.05, 4.69) is 0 Å². The molecule has 0 aliphatic carbocycles. The van der Waals surface area contributed by atoms with Gasteiger partial charge in [0, 0.05) is 10.9 Å². The third-order valence-corrected chi connectivity index (χ3v) is 2.96. The van der Waals surface area contributed by atoms with Crippen LogP contribution in [0.4, 0.5) is 0 Å². The molecule has 0 aromatic heterocycles. The molecule has 2 aromatic carbocycles. The Morgan fingerprint density at radius 1 is 1.32 bits per heavy atom. The Hall–Kier alpha value is -2.07. The van der Waals surface area contributed by atoms with Crippen molar-refractivity contribution >= 4 is 16.7 Å². The average Bonchev–Trinajstić information content (AvgIpc) is 2.38. The molecule has 0 aliphatic heterocycles. The molecule has 1 atom stereocenters. The Kier molecular flexibility index (Phi) is 4.02. The van der Waals surface area contributed by atoms with Crippen molar-refractivity contribution in [1.29, 1.82) is 0 Å². The third kappa shape index (κ3) is 3.03. The second kappa shape index (κ2) is 5.71. The number of rotatable bonds is 5. The average molecular weight is 259 g/mol. The number of hydrogen-bond acceptors (Lipinski definition) is 3. The van der Waals surface area contributed by atoms with E-state index in [9.17, 15) is 9.90 Å². The van der Waals surface area contributed by atoms with Crippen LogP contribution < -0.4 is 10.5 Å². The van der Waals surface area contributed by atoms with Crippen LogP contribution in [-0.4, -0.2) is 17.6 Å². The fraction of sp³-hybridized carbons (Fsp3) is 0.267. The van der Waals surface area contributed by atoms with Crippen molar-refractivity contribution in [1.82, 2.24) is 0 Å². The number of aliphatic hydroxyl groups is 1. The van der Waals surface area contributed by atoms with Crippen molar-refractivity contribution in [3.8, 4) is 5.75 Å². The standard InChI is InChI=1S/C15H17NO3/c1-10(17)12-7-6-11-4-2-3-5-13(11)15(12)19-9-8-14(16)18/h2-7,10,17H,8-9H2,1H3,(H2,16,18). The molecule has 1 amide bonds. The molecule has 100 valence electrons. The van der Waals surface area contributed by atoms with Gasteiger partial charge in [-0.3, -0.25) is 4.79 Å². The van der Waals surface area contributed by atoms with Crippen LogP contribution in [0.5, 0.6) is 5.75 Å². The first kappa shape index (κ1) is 13.4. The van der Waals surface area contributed by atoms with Gasteiger partial charge in [-0.05, 0) is 12.3 Å². The van der Waals surface area contributed by atoms with E-state index in [0.29, 0.717) is 11.3 Å². The number of benzene rings is 2. The molecule has 0 bridgehead atoms. The molecule has 2 aromatic rings. The summed E-state index contributed by atoms with van der Waals surface area (Å²) in [6.07, 6.45) is -0.476. The first-order valence-electron chi connectivity index (χ1n) is 6.20. The van der Waals surface area contributed by atoms with Gasteiger partial charge in [-0.1, -0.05) is 36.4 Å². The van der Waals surface area contributed by atoms with Crippen LogP contribution in [-0.2, 0) is 4.79 Å². The van der Waals surface area contributed by atoms with E-state index in [0.717, 1.165) is 10.8 Å². The SMILES string of the molecule is CC(O)c1ccc2ccccc2c1OCCC(N)=O. The Balaban J connectivity index is 2.40. The van der Waals surface area contributed by atoms with Crippen molar-refractivity contribution in [2.24, 2.45) is 5.73 Å². The van der Waals surface area contributed by atoms with Gasteiger partial charge in [0.05, 0.1) is 19.1 Å². The van der Waals surface area contributed by atoms with Gasteiger partial charge in [0.1, 0.15) is 5.75 Å². The number of nitrogens with two attached hydrogens (primary N) is 1. The molecule has 4 nitrogen and oxygen atoms in total. The molecular formula is C15H17NO3. The van der Waals surface area contributed by atoms with E-state index < -0.39 is 12.0 Å². The molecule has 4 heteroatoms. The topological polar surface area (TPSA) is 72.6 Å². The van der Waals surface area contributed by atoms with Crippen molar-refractivity contribution in [2.45, 2.75) is 19.4 Å². The third-order valence-electron chi connectivity index (χ3n) is 2.96. The van der Waals surface area contributed by atoms with Crippen molar-refractivity contribution < 1.29 is 14.6 Å². The summed E-state index contributed by atoms with van der Waals surface area (Å²) in [7, 11) is 0. The fourth-order valence-corrected chi connectivity index (χ4v) is 2.00. The maximum Gasteiger partial charge on any atom is 0.220 e. The minimum atomic E-state index is -0.631. The summed E-state index contributed by atoms with van der Waals surface area (Å²) in [5.74, 6) is 0.216. The highest BCUT2D eigenvalue weighted by Gasteiger charge is 2.13. The Morgan fingerprint density at radius 3 is 2.74 bits per heavy atom. The summed E-state index contributed by atoms with van der Waals surface area (Å²) < 4.78 is 5.66. The van der Waals surface area contributed by atoms with Gasteiger partial charge in [-0.2, -0.15) is 0 Å². The monoisotopic (exact) mass is 259 g/mol. The van der Waals surface area contributed by atoms with Crippen LogP contribution >= 0.6 is 0 Å². The van der Waals surface area contributed by atoms with Gasteiger partial charge in [0.25, 0.3) is 0 Å². The van der Waals surface area contributed by atoms with E-state index in [1.165, 1.54) is 0 Å². The summed E-state index contributed by atoms with van der Waals surface area (Å²) >= 11 is 0. The lowest BCUT2D eigenvalue weighted by atomic mass is 10.0. The number of carbonyl (C=O) groups is 1. The predicted molar refractivity (Wildman–Crippen MR) is 73.9 cm³/mol. The lowest BCUT2D eigenvalue weighted by molar-refractivity contribution is -0.118. The summed E-state index contributed by atoms with van der Waals surface area (Å²) in [6, 6.07) is 11.5. The fourth-order valence-electron chi connectivity index (χ4n) is 2.00. The number of fused-ring (bicyclic) bond motifs is 1. The number of hydrogen-bond donors (Lipinski definition) is 2. The van der Waals surface area contributed by atoms with Crippen molar-refractivity contribution in [3.05, 3.63) is 42.0 Å². The predicted octanol–water partition coefficient (Wildman–Crippen LogP) is 2.15. The number of primary amides is 1. The maximum atomic E-state index is 10.8. The van der Waals surface area contributed by atoms with Crippen LogP contribution in [0.2, 0.25) is 0 Å². The quantitative estimate of drug-likeness (QED) is 0.864. The summed E-state index contributed by atoms with van der Waals surface area (Å²) in [5.41, 5.74) is 5.81. The van der Waals surface area contributed by atoms with Gasteiger partial charge in [-0.25, -0.2) is 0 Å². The summed E-state index contributed by atoms with van der Waals surface area (Å²) in [5, 5.41) is 11.8. The van der Waals surface area contributed by atoms with Gasteiger partial charge in [-0.15, -0.1) is 0 Å². The summed E-state index contributed by atoms with van der Waals surface area (Å²) in [6.45, 7) is 1.90. The maximum absolute atomic E-state index is 10.8. The molecule has 1 unspecified atom stereocenters. The molecular weight excluding hydrogens is 242 g/mol. The van der Waals surface area contributed by atoms with Gasteiger partial charge >= 0.3 is 0 Å². The molecule has 0 spiro atoms. The molecule has 0 aliphatic rings. The Labute approximate surface area is 111 Å². The largest absolute Gasteiger partial charge is 0.492 e. The zero-order valence-corrected chi connectivity index (χ0v) is 10.8. The van der Waals surface area contributed by atoms with Crippen LogP contribution in [0.3, 0.4) is 0 Å². The molecule has 0 heterocycles. The highest BCUT2D eigenvalue weighted by atomic mass is 16.5. The van der Waals surface area contributed by atoms with E-state index >= 15 is 0 Å². The van der Waals surface area contributed by atoms with Gasteiger partial charge in [0.2, 0.25) is 5.91 Å².